The zero-order chi connectivity index (χ0) is 16.6. The first-order valence-corrected chi connectivity index (χ1v) is 9.19. The molecule has 3 aliphatic rings. The molecule has 5 nitrogen and oxygen atoms in total. The number of fused-ring (bicyclic) bond motifs is 1. The molecule has 1 aliphatic heterocycles. The first kappa shape index (κ1) is 16.7. The first-order chi connectivity index (χ1) is 11.0. The molecular formula is C18H30N2O3. The van der Waals surface area contributed by atoms with Crippen LogP contribution in [0, 0.1) is 17.3 Å². The van der Waals surface area contributed by atoms with Gasteiger partial charge in [0.25, 0.3) is 0 Å². The zero-order valence-corrected chi connectivity index (χ0v) is 14.6. The minimum atomic E-state index is -0.206. The lowest BCUT2D eigenvalue weighted by molar-refractivity contribution is -0.138. The van der Waals surface area contributed by atoms with E-state index in [2.05, 4.69) is 19.2 Å². The molecule has 5 heteroatoms. The van der Waals surface area contributed by atoms with Crippen molar-refractivity contribution in [2.45, 2.75) is 71.4 Å². The molecule has 1 spiro atoms. The highest BCUT2D eigenvalue weighted by Gasteiger charge is 2.53. The van der Waals surface area contributed by atoms with E-state index >= 15 is 0 Å². The molecule has 3 atom stereocenters. The number of imide groups is 1. The summed E-state index contributed by atoms with van der Waals surface area (Å²) in [5, 5.41) is 3.07. The van der Waals surface area contributed by atoms with Crippen LogP contribution in [-0.4, -0.2) is 42.1 Å². The van der Waals surface area contributed by atoms with Gasteiger partial charge in [0.1, 0.15) is 0 Å². The van der Waals surface area contributed by atoms with Gasteiger partial charge in [-0.05, 0) is 56.8 Å². The number of hydrogen-bond donors (Lipinski definition) is 1. The van der Waals surface area contributed by atoms with Crippen molar-refractivity contribution in [1.82, 2.24) is 10.2 Å². The van der Waals surface area contributed by atoms with Crippen molar-refractivity contribution in [1.29, 1.82) is 0 Å². The molecular weight excluding hydrogens is 292 g/mol. The van der Waals surface area contributed by atoms with Crippen LogP contribution in [0.3, 0.4) is 0 Å². The van der Waals surface area contributed by atoms with Gasteiger partial charge in [-0.1, -0.05) is 13.8 Å². The minimum Gasteiger partial charge on any atom is -0.378 e. The topological polar surface area (TPSA) is 58.6 Å². The van der Waals surface area contributed by atoms with E-state index in [9.17, 15) is 9.59 Å². The first-order valence-electron chi connectivity index (χ1n) is 9.19. The maximum atomic E-state index is 12.9. The standard InChI is InChI=1S/C18H30N2O3/c1-4-23-15(12(2)3)6-10-20-16(21)13-11-18(8-9-18)7-5-14(13)19-17(20)22/h12-15H,4-11H2,1-3H3,(H,19,22)/t13-,14+,15?/m0/s1. The van der Waals surface area contributed by atoms with Crippen LogP contribution in [0.5, 0.6) is 0 Å². The molecule has 1 heterocycles. The molecule has 1 unspecified atom stereocenters. The van der Waals surface area contributed by atoms with Crippen LogP contribution in [0.25, 0.3) is 0 Å². The Morgan fingerprint density at radius 1 is 1.30 bits per heavy atom. The maximum Gasteiger partial charge on any atom is 0.324 e. The molecule has 1 saturated heterocycles. The van der Waals surface area contributed by atoms with E-state index in [0.717, 1.165) is 12.8 Å². The van der Waals surface area contributed by atoms with Gasteiger partial charge in [-0.25, -0.2) is 4.79 Å². The Bertz CT molecular complexity index is 473. The predicted molar refractivity (Wildman–Crippen MR) is 87.9 cm³/mol. The summed E-state index contributed by atoms with van der Waals surface area (Å²) in [6.45, 7) is 7.34. The molecule has 3 fully saturated rings. The van der Waals surface area contributed by atoms with E-state index in [1.165, 1.54) is 24.2 Å². The third-order valence-electron chi connectivity index (χ3n) is 5.98. The van der Waals surface area contributed by atoms with Gasteiger partial charge in [-0.15, -0.1) is 0 Å². The Morgan fingerprint density at radius 3 is 2.65 bits per heavy atom. The Labute approximate surface area is 139 Å². The highest BCUT2D eigenvalue weighted by molar-refractivity contribution is 5.98. The van der Waals surface area contributed by atoms with Crippen molar-refractivity contribution in [2.24, 2.45) is 17.3 Å². The van der Waals surface area contributed by atoms with Crippen LogP contribution in [0.4, 0.5) is 4.79 Å². The van der Waals surface area contributed by atoms with E-state index in [4.69, 9.17) is 4.74 Å². The average molecular weight is 322 g/mol. The summed E-state index contributed by atoms with van der Waals surface area (Å²) in [4.78, 5) is 26.6. The normalized spacial score (nSPS) is 30.3. The summed E-state index contributed by atoms with van der Waals surface area (Å²) in [5.74, 6) is 0.423. The zero-order valence-electron chi connectivity index (χ0n) is 14.6. The molecule has 2 aliphatic carbocycles. The van der Waals surface area contributed by atoms with Crippen LogP contribution in [-0.2, 0) is 9.53 Å². The number of urea groups is 1. The number of rotatable bonds is 6. The lowest BCUT2D eigenvalue weighted by atomic mass is 9.74. The maximum absolute atomic E-state index is 12.9. The van der Waals surface area contributed by atoms with Gasteiger partial charge >= 0.3 is 6.03 Å². The fraction of sp³-hybridized carbons (Fsp3) is 0.889. The van der Waals surface area contributed by atoms with Gasteiger partial charge in [-0.2, -0.15) is 0 Å². The Balaban J connectivity index is 1.62. The average Bonchev–Trinajstić information content (AvgIpc) is 3.26. The Kier molecular flexibility index (Phi) is 4.68. The van der Waals surface area contributed by atoms with Gasteiger partial charge in [0.2, 0.25) is 5.91 Å². The fourth-order valence-electron chi connectivity index (χ4n) is 4.26. The van der Waals surface area contributed by atoms with Crippen LogP contribution in [0.2, 0.25) is 0 Å². The number of carbonyl (C=O) groups is 2. The van der Waals surface area contributed by atoms with Crippen molar-refractivity contribution >= 4 is 11.9 Å². The Hall–Kier alpha value is -1.10. The molecule has 3 rings (SSSR count). The third-order valence-corrected chi connectivity index (χ3v) is 5.98. The summed E-state index contributed by atoms with van der Waals surface area (Å²) < 4.78 is 5.74. The monoisotopic (exact) mass is 322 g/mol. The summed E-state index contributed by atoms with van der Waals surface area (Å²) in [5.41, 5.74) is 0.427. The third kappa shape index (κ3) is 3.39. The van der Waals surface area contributed by atoms with Crippen molar-refractivity contribution < 1.29 is 14.3 Å². The van der Waals surface area contributed by atoms with E-state index in [0.29, 0.717) is 30.9 Å². The van der Waals surface area contributed by atoms with E-state index < -0.39 is 0 Å². The van der Waals surface area contributed by atoms with Crippen LogP contribution >= 0.6 is 0 Å². The number of ether oxygens (including phenoxy) is 1. The number of amides is 3. The number of hydrogen-bond acceptors (Lipinski definition) is 3. The minimum absolute atomic E-state index is 0.00598. The molecule has 2 saturated carbocycles. The highest BCUT2D eigenvalue weighted by atomic mass is 16.5. The van der Waals surface area contributed by atoms with Gasteiger partial charge in [0.05, 0.1) is 12.0 Å². The second-order valence-electron chi connectivity index (χ2n) is 7.92. The van der Waals surface area contributed by atoms with Gasteiger partial charge in [0.15, 0.2) is 0 Å². The number of nitrogens with one attached hydrogen (secondary N) is 1. The molecule has 0 aromatic rings. The van der Waals surface area contributed by atoms with Crippen molar-refractivity contribution in [3.63, 3.8) is 0 Å². The van der Waals surface area contributed by atoms with Crippen LogP contribution in [0.15, 0.2) is 0 Å². The Morgan fingerprint density at radius 2 is 2.04 bits per heavy atom. The highest BCUT2D eigenvalue weighted by Crippen LogP contribution is 2.58. The molecule has 3 amide bonds. The van der Waals surface area contributed by atoms with E-state index in [1.54, 1.807) is 0 Å². The van der Waals surface area contributed by atoms with Gasteiger partial charge in [-0.3, -0.25) is 9.69 Å². The quantitative estimate of drug-likeness (QED) is 0.818. The lowest BCUT2D eigenvalue weighted by Gasteiger charge is -2.43. The SMILES string of the molecule is CCOC(CCN1C(=O)N[C@@H]2CCC3(CC3)C[C@@H]2C1=O)C(C)C. The summed E-state index contributed by atoms with van der Waals surface area (Å²) in [6, 6.07) is -0.146. The molecule has 0 radical (unpaired) electrons. The molecule has 0 aromatic carbocycles. The smallest absolute Gasteiger partial charge is 0.324 e. The molecule has 23 heavy (non-hydrogen) atoms. The van der Waals surface area contributed by atoms with Crippen molar-refractivity contribution in [3.8, 4) is 0 Å². The number of nitrogens with zero attached hydrogens (tertiary/aromatic N) is 1. The second-order valence-corrected chi connectivity index (χ2v) is 7.92. The van der Waals surface area contributed by atoms with Crippen LogP contribution in [0.1, 0.15) is 59.3 Å². The van der Waals surface area contributed by atoms with Gasteiger partial charge < -0.3 is 10.1 Å². The molecule has 0 aromatic heterocycles. The predicted octanol–water partition coefficient (Wildman–Crippen LogP) is 2.94. The van der Waals surface area contributed by atoms with Crippen molar-refractivity contribution in [3.05, 3.63) is 0 Å². The van der Waals surface area contributed by atoms with E-state index in [-0.39, 0.29) is 30.0 Å². The summed E-state index contributed by atoms with van der Waals surface area (Å²) >= 11 is 0. The molecule has 1 N–H and O–H groups in total. The number of carbonyl (C=O) groups excluding carboxylic acids is 2. The van der Waals surface area contributed by atoms with Gasteiger partial charge in [0, 0.05) is 19.2 Å². The lowest BCUT2D eigenvalue weighted by Crippen LogP contribution is -2.61. The summed E-state index contributed by atoms with van der Waals surface area (Å²) in [7, 11) is 0. The fourth-order valence-corrected chi connectivity index (χ4v) is 4.26. The van der Waals surface area contributed by atoms with Crippen molar-refractivity contribution in [2.75, 3.05) is 13.2 Å². The van der Waals surface area contributed by atoms with Crippen LogP contribution < -0.4 is 5.32 Å². The molecule has 130 valence electrons. The van der Waals surface area contributed by atoms with E-state index in [1.807, 2.05) is 6.92 Å². The largest absolute Gasteiger partial charge is 0.378 e. The second kappa shape index (κ2) is 6.42. The summed E-state index contributed by atoms with van der Waals surface area (Å²) in [6.07, 6.45) is 6.43. The molecule has 0 bridgehead atoms.